The van der Waals surface area contributed by atoms with E-state index in [0.29, 0.717) is 0 Å². The van der Waals surface area contributed by atoms with Crippen molar-refractivity contribution in [2.45, 2.75) is 45.9 Å². The summed E-state index contributed by atoms with van der Waals surface area (Å²) >= 11 is 0. The molecule has 2 aromatic rings. The lowest BCUT2D eigenvalue weighted by molar-refractivity contribution is 0.242. The number of hydrogen-bond acceptors (Lipinski definition) is 3. The normalized spacial score (nSPS) is 12.7. The van der Waals surface area contributed by atoms with Crippen LogP contribution in [0.5, 0.6) is 5.75 Å². The molecule has 2 rings (SSSR count). The standard InChI is InChI=1S/C16H23N3O/c1-4-8-19-11-14(10-18-19)16(17)13-6-5-7-15(9-13)20-12(2)3/h5-7,9-12,16H,4,8,17H2,1-3H3. The number of rotatable bonds is 6. The quantitative estimate of drug-likeness (QED) is 0.879. The Bertz CT molecular complexity index is 548. The zero-order chi connectivity index (χ0) is 14.5. The van der Waals surface area contributed by atoms with Crippen molar-refractivity contribution in [3.8, 4) is 5.75 Å². The van der Waals surface area contributed by atoms with Crippen LogP contribution in [0.15, 0.2) is 36.7 Å². The second-order valence-electron chi connectivity index (χ2n) is 5.25. The zero-order valence-electron chi connectivity index (χ0n) is 12.4. The van der Waals surface area contributed by atoms with Gasteiger partial charge in [0.2, 0.25) is 0 Å². The van der Waals surface area contributed by atoms with Gasteiger partial charge in [-0.05, 0) is 38.0 Å². The fourth-order valence-corrected chi connectivity index (χ4v) is 2.14. The first-order valence-electron chi connectivity index (χ1n) is 7.14. The highest BCUT2D eigenvalue weighted by Gasteiger charge is 2.12. The van der Waals surface area contributed by atoms with Crippen LogP contribution in [0.1, 0.15) is 44.4 Å². The number of aryl methyl sites for hydroxylation is 1. The molecule has 0 amide bonds. The molecular formula is C16H23N3O. The van der Waals surface area contributed by atoms with Crippen LogP contribution in [0.25, 0.3) is 0 Å². The molecule has 1 heterocycles. The highest BCUT2D eigenvalue weighted by molar-refractivity contribution is 5.35. The highest BCUT2D eigenvalue weighted by atomic mass is 16.5. The highest BCUT2D eigenvalue weighted by Crippen LogP contribution is 2.23. The molecule has 1 aromatic heterocycles. The lowest BCUT2D eigenvalue weighted by atomic mass is 10.0. The van der Waals surface area contributed by atoms with Crippen molar-refractivity contribution in [1.82, 2.24) is 9.78 Å². The Labute approximate surface area is 120 Å². The van der Waals surface area contributed by atoms with Gasteiger partial charge < -0.3 is 10.5 Å². The molecule has 0 radical (unpaired) electrons. The third-order valence-electron chi connectivity index (χ3n) is 3.05. The van der Waals surface area contributed by atoms with Gasteiger partial charge >= 0.3 is 0 Å². The van der Waals surface area contributed by atoms with E-state index in [-0.39, 0.29) is 12.1 Å². The lowest BCUT2D eigenvalue weighted by Crippen LogP contribution is -2.12. The Hall–Kier alpha value is -1.81. The number of aromatic nitrogens is 2. The van der Waals surface area contributed by atoms with E-state index in [2.05, 4.69) is 12.0 Å². The smallest absolute Gasteiger partial charge is 0.120 e. The second-order valence-corrected chi connectivity index (χ2v) is 5.25. The Morgan fingerprint density at radius 1 is 1.30 bits per heavy atom. The summed E-state index contributed by atoms with van der Waals surface area (Å²) in [7, 11) is 0. The predicted octanol–water partition coefficient (Wildman–Crippen LogP) is 3.13. The largest absolute Gasteiger partial charge is 0.491 e. The van der Waals surface area contributed by atoms with E-state index in [1.165, 1.54) is 0 Å². The van der Waals surface area contributed by atoms with Gasteiger partial charge in [-0.1, -0.05) is 19.1 Å². The molecule has 0 aliphatic heterocycles. The minimum absolute atomic E-state index is 0.161. The van der Waals surface area contributed by atoms with Gasteiger partial charge in [0.25, 0.3) is 0 Å². The van der Waals surface area contributed by atoms with Crippen LogP contribution in [-0.4, -0.2) is 15.9 Å². The van der Waals surface area contributed by atoms with Crippen molar-refractivity contribution in [2.75, 3.05) is 0 Å². The number of hydrogen-bond donors (Lipinski definition) is 1. The van der Waals surface area contributed by atoms with Crippen LogP contribution in [0.2, 0.25) is 0 Å². The van der Waals surface area contributed by atoms with Gasteiger partial charge in [0.05, 0.1) is 18.3 Å². The Kier molecular flexibility index (Phi) is 4.79. The van der Waals surface area contributed by atoms with Crippen LogP contribution in [-0.2, 0) is 6.54 Å². The van der Waals surface area contributed by atoms with Gasteiger partial charge in [-0.25, -0.2) is 0 Å². The van der Waals surface area contributed by atoms with E-state index in [1.54, 1.807) is 0 Å². The monoisotopic (exact) mass is 273 g/mol. The summed E-state index contributed by atoms with van der Waals surface area (Å²) in [5.74, 6) is 0.855. The molecule has 0 aliphatic rings. The third kappa shape index (κ3) is 3.61. The van der Waals surface area contributed by atoms with Crippen LogP contribution >= 0.6 is 0 Å². The van der Waals surface area contributed by atoms with Crippen molar-refractivity contribution in [3.05, 3.63) is 47.8 Å². The summed E-state index contributed by atoms with van der Waals surface area (Å²) in [4.78, 5) is 0. The van der Waals surface area contributed by atoms with E-state index < -0.39 is 0 Å². The Balaban J connectivity index is 2.16. The van der Waals surface area contributed by atoms with Crippen LogP contribution < -0.4 is 10.5 Å². The van der Waals surface area contributed by atoms with Crippen LogP contribution in [0, 0.1) is 0 Å². The minimum atomic E-state index is -0.170. The summed E-state index contributed by atoms with van der Waals surface area (Å²) in [5, 5.41) is 4.33. The predicted molar refractivity (Wildman–Crippen MR) is 80.8 cm³/mol. The number of ether oxygens (including phenoxy) is 1. The van der Waals surface area contributed by atoms with Crippen molar-refractivity contribution >= 4 is 0 Å². The summed E-state index contributed by atoms with van der Waals surface area (Å²) in [6.07, 6.45) is 5.09. The van der Waals surface area contributed by atoms with Crippen molar-refractivity contribution in [1.29, 1.82) is 0 Å². The summed E-state index contributed by atoms with van der Waals surface area (Å²) in [6, 6.07) is 7.79. The van der Waals surface area contributed by atoms with E-state index in [4.69, 9.17) is 10.5 Å². The number of nitrogens with two attached hydrogens (primary N) is 1. The molecule has 4 nitrogen and oxygen atoms in total. The SMILES string of the molecule is CCCn1cc(C(N)c2cccc(OC(C)C)c2)cn1. The van der Waals surface area contributed by atoms with Gasteiger partial charge in [-0.15, -0.1) is 0 Å². The van der Waals surface area contributed by atoms with Crippen molar-refractivity contribution in [2.24, 2.45) is 5.73 Å². The molecule has 4 heteroatoms. The fourth-order valence-electron chi connectivity index (χ4n) is 2.14. The first-order chi connectivity index (χ1) is 9.60. The minimum Gasteiger partial charge on any atom is -0.491 e. The third-order valence-corrected chi connectivity index (χ3v) is 3.05. The van der Waals surface area contributed by atoms with Crippen molar-refractivity contribution in [3.63, 3.8) is 0 Å². The van der Waals surface area contributed by atoms with Gasteiger partial charge in [0, 0.05) is 18.3 Å². The molecule has 0 bridgehead atoms. The number of benzene rings is 1. The Morgan fingerprint density at radius 2 is 2.10 bits per heavy atom. The van der Waals surface area contributed by atoms with E-state index in [1.807, 2.05) is 55.2 Å². The Morgan fingerprint density at radius 3 is 2.80 bits per heavy atom. The van der Waals surface area contributed by atoms with Gasteiger partial charge in [0.15, 0.2) is 0 Å². The summed E-state index contributed by atoms with van der Waals surface area (Å²) in [5.41, 5.74) is 8.39. The van der Waals surface area contributed by atoms with Crippen LogP contribution in [0.3, 0.4) is 0 Å². The fraction of sp³-hybridized carbons (Fsp3) is 0.438. The summed E-state index contributed by atoms with van der Waals surface area (Å²) in [6.45, 7) is 7.08. The van der Waals surface area contributed by atoms with E-state index >= 15 is 0 Å². The average molecular weight is 273 g/mol. The topological polar surface area (TPSA) is 53.1 Å². The molecule has 2 N–H and O–H groups in total. The molecule has 0 saturated carbocycles. The second kappa shape index (κ2) is 6.57. The molecular weight excluding hydrogens is 250 g/mol. The zero-order valence-corrected chi connectivity index (χ0v) is 12.4. The maximum atomic E-state index is 6.32. The average Bonchev–Trinajstić information content (AvgIpc) is 2.86. The van der Waals surface area contributed by atoms with Gasteiger partial charge in [-0.2, -0.15) is 5.10 Å². The maximum Gasteiger partial charge on any atom is 0.120 e. The van der Waals surface area contributed by atoms with Crippen molar-refractivity contribution < 1.29 is 4.74 Å². The molecule has 1 unspecified atom stereocenters. The molecule has 0 aliphatic carbocycles. The van der Waals surface area contributed by atoms with Gasteiger partial charge in [-0.3, -0.25) is 4.68 Å². The van der Waals surface area contributed by atoms with E-state index in [0.717, 1.165) is 29.8 Å². The lowest BCUT2D eigenvalue weighted by Gasteiger charge is -2.14. The molecule has 0 spiro atoms. The maximum absolute atomic E-state index is 6.32. The van der Waals surface area contributed by atoms with Gasteiger partial charge in [0.1, 0.15) is 5.75 Å². The number of nitrogens with zero attached hydrogens (tertiary/aromatic N) is 2. The molecule has 0 fully saturated rings. The molecule has 20 heavy (non-hydrogen) atoms. The first kappa shape index (κ1) is 14.6. The first-order valence-corrected chi connectivity index (χ1v) is 7.14. The molecule has 1 atom stereocenters. The summed E-state index contributed by atoms with van der Waals surface area (Å²) < 4.78 is 7.64. The molecule has 1 aromatic carbocycles. The molecule has 108 valence electrons. The van der Waals surface area contributed by atoms with E-state index in [9.17, 15) is 0 Å². The molecule has 0 saturated heterocycles. The van der Waals surface area contributed by atoms with Crippen LogP contribution in [0.4, 0.5) is 0 Å².